The maximum atomic E-state index is 11.7. The van der Waals surface area contributed by atoms with Crippen LogP contribution in [0.3, 0.4) is 0 Å². The van der Waals surface area contributed by atoms with Crippen molar-refractivity contribution < 1.29 is 4.79 Å². The van der Waals surface area contributed by atoms with Gasteiger partial charge < -0.3 is 0 Å². The molecule has 0 aromatic rings. The van der Waals surface area contributed by atoms with E-state index in [-0.39, 0.29) is 5.91 Å². The summed E-state index contributed by atoms with van der Waals surface area (Å²) in [7, 11) is 0. The third-order valence-corrected chi connectivity index (χ3v) is 5.14. The Kier molecular flexibility index (Phi) is 6.06. The van der Waals surface area contributed by atoms with Gasteiger partial charge in [0.15, 0.2) is 0 Å². The van der Waals surface area contributed by atoms with E-state index in [0.29, 0.717) is 12.3 Å². The Labute approximate surface area is 123 Å². The van der Waals surface area contributed by atoms with Crippen LogP contribution in [0.4, 0.5) is 0 Å². The molecule has 0 saturated heterocycles. The first-order valence-electron chi connectivity index (χ1n) is 8.53. The quantitative estimate of drug-likeness (QED) is 0.402. The largest absolute Gasteiger partial charge is 0.273 e. The molecule has 2 bridgehead atoms. The number of carbonyl (C=O) groups excluding carboxylic acids is 1. The van der Waals surface area contributed by atoms with E-state index >= 15 is 0 Å². The summed E-state index contributed by atoms with van der Waals surface area (Å²) in [5.74, 6) is 2.50. The van der Waals surface area contributed by atoms with Crippen molar-refractivity contribution in [2.24, 2.45) is 22.9 Å². The molecule has 3 heteroatoms. The van der Waals surface area contributed by atoms with Gasteiger partial charge in [0.25, 0.3) is 0 Å². The molecule has 0 heterocycles. The minimum Gasteiger partial charge on any atom is -0.273 e. The topological polar surface area (TPSA) is 41.5 Å². The molecule has 2 fully saturated rings. The van der Waals surface area contributed by atoms with Crippen molar-refractivity contribution in [1.29, 1.82) is 0 Å². The molecule has 0 aliphatic heterocycles. The highest BCUT2D eigenvalue weighted by Crippen LogP contribution is 2.48. The van der Waals surface area contributed by atoms with Gasteiger partial charge in [-0.3, -0.25) is 4.79 Å². The van der Waals surface area contributed by atoms with Crippen molar-refractivity contribution in [3.63, 3.8) is 0 Å². The van der Waals surface area contributed by atoms with Gasteiger partial charge in [-0.25, -0.2) is 5.43 Å². The molecule has 2 aliphatic carbocycles. The summed E-state index contributed by atoms with van der Waals surface area (Å²) in [4.78, 5) is 11.7. The van der Waals surface area contributed by atoms with Gasteiger partial charge in [-0.05, 0) is 44.4 Å². The van der Waals surface area contributed by atoms with E-state index < -0.39 is 0 Å². The zero-order chi connectivity index (χ0) is 14.4. The summed E-state index contributed by atoms with van der Waals surface area (Å²) in [6, 6.07) is 0. The molecular weight excluding hydrogens is 248 g/mol. The summed E-state index contributed by atoms with van der Waals surface area (Å²) in [6.07, 6.45) is 12.0. The van der Waals surface area contributed by atoms with Crippen LogP contribution in [0.2, 0.25) is 0 Å². The van der Waals surface area contributed by atoms with Crippen LogP contribution in [-0.4, -0.2) is 11.6 Å². The fourth-order valence-corrected chi connectivity index (χ4v) is 3.93. The molecule has 114 valence electrons. The molecule has 2 aliphatic rings. The summed E-state index contributed by atoms with van der Waals surface area (Å²) in [5.41, 5.74) is 3.91. The molecule has 0 aromatic carbocycles. The number of hydrogen-bond donors (Lipinski definition) is 1. The minimum absolute atomic E-state index is 0.0870. The standard InChI is InChI=1S/C17H30N2O/c1-3-4-5-6-7-8-17(20)19-18-13(2)16-12-14-9-10-15(16)11-14/h14-16H,3-12H2,1-2H3,(H,19,20). The Morgan fingerprint density at radius 1 is 1.15 bits per heavy atom. The number of hydrogen-bond acceptors (Lipinski definition) is 2. The monoisotopic (exact) mass is 278 g/mol. The predicted molar refractivity (Wildman–Crippen MR) is 83.6 cm³/mol. The molecule has 2 rings (SSSR count). The second kappa shape index (κ2) is 7.80. The van der Waals surface area contributed by atoms with Crippen molar-refractivity contribution >= 4 is 11.6 Å². The first-order valence-corrected chi connectivity index (χ1v) is 8.53. The maximum Gasteiger partial charge on any atom is 0.240 e. The van der Waals surface area contributed by atoms with E-state index in [4.69, 9.17) is 0 Å². The summed E-state index contributed by atoms with van der Waals surface area (Å²) < 4.78 is 0. The van der Waals surface area contributed by atoms with E-state index in [1.807, 2.05) is 0 Å². The third kappa shape index (κ3) is 4.32. The zero-order valence-electron chi connectivity index (χ0n) is 13.2. The van der Waals surface area contributed by atoms with Crippen LogP contribution in [0.1, 0.15) is 78.1 Å². The smallest absolute Gasteiger partial charge is 0.240 e. The van der Waals surface area contributed by atoms with Crippen LogP contribution in [0.25, 0.3) is 0 Å². The molecular formula is C17H30N2O. The fraction of sp³-hybridized carbons (Fsp3) is 0.882. The number of carbonyl (C=O) groups is 1. The number of amides is 1. The Morgan fingerprint density at radius 3 is 2.60 bits per heavy atom. The normalized spacial score (nSPS) is 28.9. The Bertz CT molecular complexity index is 351. The highest BCUT2D eigenvalue weighted by Gasteiger charge is 2.40. The first kappa shape index (κ1) is 15.5. The van der Waals surface area contributed by atoms with Crippen molar-refractivity contribution in [1.82, 2.24) is 5.43 Å². The summed E-state index contributed by atoms with van der Waals surface area (Å²) in [5, 5.41) is 4.36. The van der Waals surface area contributed by atoms with Gasteiger partial charge in [0.05, 0.1) is 0 Å². The Hall–Kier alpha value is -0.860. The highest BCUT2D eigenvalue weighted by molar-refractivity contribution is 5.86. The molecule has 0 aromatic heterocycles. The number of hydrazone groups is 1. The van der Waals surface area contributed by atoms with Gasteiger partial charge in [-0.1, -0.05) is 39.0 Å². The SMILES string of the molecule is CCCCCCCC(=O)NN=C(C)C1CC2CCC1C2. The van der Waals surface area contributed by atoms with Crippen molar-refractivity contribution in [2.75, 3.05) is 0 Å². The van der Waals surface area contributed by atoms with E-state index in [2.05, 4.69) is 24.4 Å². The molecule has 2 saturated carbocycles. The van der Waals surface area contributed by atoms with Crippen molar-refractivity contribution in [3.8, 4) is 0 Å². The molecule has 3 nitrogen and oxygen atoms in total. The Morgan fingerprint density at radius 2 is 1.95 bits per heavy atom. The predicted octanol–water partition coefficient (Wildman–Crippen LogP) is 4.28. The van der Waals surface area contributed by atoms with Crippen LogP contribution in [0.15, 0.2) is 5.10 Å². The number of fused-ring (bicyclic) bond motifs is 2. The highest BCUT2D eigenvalue weighted by atomic mass is 16.2. The second-order valence-electron chi connectivity index (χ2n) is 6.73. The van der Waals surface area contributed by atoms with E-state index in [9.17, 15) is 4.79 Å². The second-order valence-corrected chi connectivity index (χ2v) is 6.73. The molecule has 1 amide bonds. The lowest BCUT2D eigenvalue weighted by Crippen LogP contribution is -2.24. The average molecular weight is 278 g/mol. The van der Waals surface area contributed by atoms with Gasteiger partial charge in [-0.2, -0.15) is 5.10 Å². The number of rotatable bonds is 8. The molecule has 3 unspecified atom stereocenters. The van der Waals surface area contributed by atoms with Crippen molar-refractivity contribution in [2.45, 2.75) is 78.1 Å². The zero-order valence-corrected chi connectivity index (χ0v) is 13.2. The fourth-order valence-electron chi connectivity index (χ4n) is 3.93. The molecule has 3 atom stereocenters. The van der Waals surface area contributed by atoms with Gasteiger partial charge in [0.1, 0.15) is 0 Å². The first-order chi connectivity index (χ1) is 9.70. The number of unbranched alkanes of at least 4 members (excludes halogenated alkanes) is 4. The van der Waals surface area contributed by atoms with Crippen LogP contribution in [0, 0.1) is 17.8 Å². The maximum absolute atomic E-state index is 11.7. The molecule has 0 spiro atoms. The third-order valence-electron chi connectivity index (χ3n) is 5.14. The number of nitrogens with one attached hydrogen (secondary N) is 1. The van der Waals surface area contributed by atoms with Gasteiger partial charge in [0.2, 0.25) is 5.91 Å². The lowest BCUT2D eigenvalue weighted by atomic mass is 9.86. The lowest BCUT2D eigenvalue weighted by molar-refractivity contribution is -0.121. The van der Waals surface area contributed by atoms with Crippen LogP contribution >= 0.6 is 0 Å². The average Bonchev–Trinajstić information content (AvgIpc) is 3.07. The van der Waals surface area contributed by atoms with Crippen LogP contribution in [0.5, 0.6) is 0 Å². The van der Waals surface area contributed by atoms with Gasteiger partial charge >= 0.3 is 0 Å². The van der Waals surface area contributed by atoms with Gasteiger partial charge in [-0.15, -0.1) is 0 Å². The van der Waals surface area contributed by atoms with Crippen LogP contribution in [-0.2, 0) is 4.79 Å². The molecule has 1 N–H and O–H groups in total. The van der Waals surface area contributed by atoms with E-state index in [1.165, 1.54) is 44.9 Å². The lowest BCUT2D eigenvalue weighted by Gasteiger charge is -2.21. The Balaban J connectivity index is 1.63. The van der Waals surface area contributed by atoms with E-state index in [0.717, 1.165) is 30.4 Å². The molecule has 0 radical (unpaired) electrons. The van der Waals surface area contributed by atoms with Gasteiger partial charge in [0, 0.05) is 18.1 Å². The molecule has 20 heavy (non-hydrogen) atoms. The van der Waals surface area contributed by atoms with E-state index in [1.54, 1.807) is 0 Å². The summed E-state index contributed by atoms with van der Waals surface area (Å²) in [6.45, 7) is 4.30. The van der Waals surface area contributed by atoms with Crippen LogP contribution < -0.4 is 5.43 Å². The van der Waals surface area contributed by atoms with Crippen molar-refractivity contribution in [3.05, 3.63) is 0 Å². The minimum atomic E-state index is 0.0870. The number of nitrogens with zero attached hydrogens (tertiary/aromatic N) is 1. The summed E-state index contributed by atoms with van der Waals surface area (Å²) >= 11 is 0.